The smallest absolute Gasteiger partial charge is 0.382 e. The maximum Gasteiger partial charge on any atom is 0.490 e. The van der Waals surface area contributed by atoms with E-state index in [1.54, 1.807) is 0 Å². The van der Waals surface area contributed by atoms with Crippen molar-refractivity contribution in [3.8, 4) is 6.07 Å². The molecule has 3 heterocycles. The van der Waals surface area contributed by atoms with Gasteiger partial charge in [-0.1, -0.05) is 0 Å². The molecule has 1 aliphatic rings. The number of rotatable bonds is 8. The van der Waals surface area contributed by atoms with Crippen LogP contribution in [0, 0.1) is 17.2 Å². The van der Waals surface area contributed by atoms with Gasteiger partial charge in [0.25, 0.3) is 0 Å². The third kappa shape index (κ3) is 5.92. The van der Waals surface area contributed by atoms with Crippen LogP contribution in [0.25, 0.3) is 11.2 Å². The molecule has 0 bridgehead atoms. The first kappa shape index (κ1) is 23.9. The van der Waals surface area contributed by atoms with Crippen molar-refractivity contribution in [1.29, 1.82) is 5.26 Å². The average Bonchev–Trinajstić information content (AvgIpc) is 3.21. The number of anilines is 1. The Balaban J connectivity index is 1.68. The van der Waals surface area contributed by atoms with Crippen LogP contribution in [0.2, 0.25) is 0 Å². The standard InChI is InChI=1S/C11H15N6O11P3/c12-2-6-1-7(3-25-30(21,22)28-31(23,24)27-29(18,19)20)26-11(6)17-5-16-8-9(13)14-4-15-10(8)17/h4-7,11H,1,3H2,(H,21,22)(H,23,24)(H2,13,14,15)(H2,18,19,20). The number of fused-ring (bicyclic) bond motifs is 1. The number of imidazole rings is 1. The molecule has 0 aromatic carbocycles. The number of phosphoric acid groups is 3. The summed E-state index contributed by atoms with van der Waals surface area (Å²) in [6.45, 7) is -0.678. The fraction of sp³-hybridized carbons (Fsp3) is 0.455. The van der Waals surface area contributed by atoms with E-state index in [2.05, 4.69) is 28.1 Å². The van der Waals surface area contributed by atoms with E-state index in [4.69, 9.17) is 25.2 Å². The minimum Gasteiger partial charge on any atom is -0.382 e. The largest absolute Gasteiger partial charge is 0.490 e. The van der Waals surface area contributed by atoms with Crippen molar-refractivity contribution >= 4 is 40.4 Å². The molecule has 6 N–H and O–H groups in total. The van der Waals surface area contributed by atoms with E-state index in [9.17, 15) is 23.9 Å². The second-order valence-corrected chi connectivity index (χ2v) is 10.5. The normalized spacial score (nSPS) is 25.7. The van der Waals surface area contributed by atoms with Crippen LogP contribution in [-0.4, -0.2) is 51.8 Å². The topological polar surface area (TPSA) is 262 Å². The number of nitrogens with zero attached hydrogens (tertiary/aromatic N) is 5. The molecule has 1 aliphatic heterocycles. The molecule has 0 amide bonds. The number of ether oxygens (including phenoxy) is 1. The lowest BCUT2D eigenvalue weighted by Gasteiger charge is -2.18. The average molecular weight is 500 g/mol. The van der Waals surface area contributed by atoms with Gasteiger partial charge >= 0.3 is 23.5 Å². The lowest BCUT2D eigenvalue weighted by Crippen LogP contribution is -2.17. The number of nitriles is 1. The molecular weight excluding hydrogens is 485 g/mol. The molecule has 5 unspecified atom stereocenters. The fourth-order valence-electron chi connectivity index (χ4n) is 2.77. The summed E-state index contributed by atoms with van der Waals surface area (Å²) in [6, 6.07) is 2.01. The molecule has 3 rings (SSSR count). The Morgan fingerprint density at radius 3 is 2.55 bits per heavy atom. The first-order valence-electron chi connectivity index (χ1n) is 8.07. The van der Waals surface area contributed by atoms with E-state index in [1.807, 2.05) is 6.07 Å². The Kier molecular flexibility index (Phi) is 6.64. The zero-order valence-electron chi connectivity index (χ0n) is 15.1. The Morgan fingerprint density at radius 2 is 1.90 bits per heavy atom. The summed E-state index contributed by atoms with van der Waals surface area (Å²) in [5.74, 6) is -0.650. The van der Waals surface area contributed by atoms with Gasteiger partial charge in [0, 0.05) is 0 Å². The minimum absolute atomic E-state index is 0.0250. The van der Waals surface area contributed by atoms with E-state index in [0.717, 1.165) is 0 Å². The zero-order valence-corrected chi connectivity index (χ0v) is 17.8. The van der Waals surface area contributed by atoms with Crippen LogP contribution in [0.5, 0.6) is 0 Å². The predicted octanol–water partition coefficient (Wildman–Crippen LogP) is 0.179. The van der Waals surface area contributed by atoms with Crippen LogP contribution >= 0.6 is 23.5 Å². The van der Waals surface area contributed by atoms with E-state index >= 15 is 0 Å². The second-order valence-electron chi connectivity index (χ2n) is 6.09. The van der Waals surface area contributed by atoms with Gasteiger partial charge in [0.15, 0.2) is 17.7 Å². The van der Waals surface area contributed by atoms with Crippen molar-refractivity contribution in [2.75, 3.05) is 12.3 Å². The van der Waals surface area contributed by atoms with Gasteiger partial charge in [-0.05, 0) is 6.42 Å². The van der Waals surface area contributed by atoms with Crippen molar-refractivity contribution in [2.24, 2.45) is 5.92 Å². The predicted molar refractivity (Wildman–Crippen MR) is 97.2 cm³/mol. The molecule has 17 nitrogen and oxygen atoms in total. The summed E-state index contributed by atoms with van der Waals surface area (Å²) in [4.78, 5) is 47.6. The quantitative estimate of drug-likeness (QED) is 0.303. The molecule has 0 radical (unpaired) electrons. The zero-order chi connectivity index (χ0) is 23.0. The molecule has 1 saturated heterocycles. The number of aromatic nitrogens is 4. The Labute approximate surface area is 172 Å². The summed E-state index contributed by atoms with van der Waals surface area (Å²) in [5, 5.41) is 9.42. The highest BCUT2D eigenvalue weighted by Crippen LogP contribution is 2.66. The Bertz CT molecular complexity index is 1160. The lowest BCUT2D eigenvalue weighted by molar-refractivity contribution is -0.0261. The van der Waals surface area contributed by atoms with Crippen LogP contribution in [-0.2, 0) is 31.6 Å². The lowest BCUT2D eigenvalue weighted by atomic mass is 10.1. The Hall–Kier alpha value is -1.79. The van der Waals surface area contributed by atoms with Crippen molar-refractivity contribution in [2.45, 2.75) is 18.8 Å². The van der Waals surface area contributed by atoms with E-state index < -0.39 is 48.3 Å². The summed E-state index contributed by atoms with van der Waals surface area (Å²) < 4.78 is 52.7. The second kappa shape index (κ2) is 8.62. The summed E-state index contributed by atoms with van der Waals surface area (Å²) >= 11 is 0. The van der Waals surface area contributed by atoms with Crippen LogP contribution < -0.4 is 5.73 Å². The van der Waals surface area contributed by atoms with Gasteiger partial charge in [-0.15, -0.1) is 0 Å². The van der Waals surface area contributed by atoms with Gasteiger partial charge in [-0.2, -0.15) is 13.9 Å². The molecule has 2 aromatic rings. The molecule has 1 fully saturated rings. The van der Waals surface area contributed by atoms with Crippen LogP contribution in [0.4, 0.5) is 5.82 Å². The highest BCUT2D eigenvalue weighted by molar-refractivity contribution is 7.66. The van der Waals surface area contributed by atoms with E-state index in [0.29, 0.717) is 0 Å². The summed E-state index contributed by atoms with van der Waals surface area (Å²) in [7, 11) is -16.4. The third-order valence-corrected chi connectivity index (χ3v) is 7.66. The maximum atomic E-state index is 11.8. The van der Waals surface area contributed by atoms with Gasteiger partial charge in [-0.3, -0.25) is 9.09 Å². The molecule has 5 atom stereocenters. The number of nitrogen functional groups attached to an aromatic ring is 1. The number of phosphoric ester groups is 1. The molecule has 0 aliphatic carbocycles. The van der Waals surface area contributed by atoms with Crippen molar-refractivity contribution in [3.05, 3.63) is 12.7 Å². The van der Waals surface area contributed by atoms with Crippen LogP contribution in [0.3, 0.4) is 0 Å². The molecule has 0 spiro atoms. The molecule has 0 saturated carbocycles. The molecule has 170 valence electrons. The number of hydrogen-bond acceptors (Lipinski definition) is 12. The van der Waals surface area contributed by atoms with E-state index in [-0.39, 0.29) is 23.4 Å². The minimum atomic E-state index is -5.63. The fourth-order valence-corrected chi connectivity index (χ4v) is 5.82. The molecule has 31 heavy (non-hydrogen) atoms. The number of hydrogen-bond donors (Lipinski definition) is 5. The van der Waals surface area contributed by atoms with Gasteiger partial charge < -0.3 is 30.0 Å². The van der Waals surface area contributed by atoms with Crippen LogP contribution in [0.15, 0.2) is 12.7 Å². The summed E-state index contributed by atoms with van der Waals surface area (Å²) in [5.41, 5.74) is 6.28. The van der Waals surface area contributed by atoms with Gasteiger partial charge in [0.05, 0.1) is 31.0 Å². The summed E-state index contributed by atoms with van der Waals surface area (Å²) in [6.07, 6.45) is 0.681. The van der Waals surface area contributed by atoms with Gasteiger partial charge in [0.2, 0.25) is 0 Å². The maximum absolute atomic E-state index is 11.8. The molecular formula is C11H15N6O11P3. The highest BCUT2D eigenvalue weighted by Gasteiger charge is 2.43. The first-order valence-corrected chi connectivity index (χ1v) is 12.6. The molecule has 20 heteroatoms. The highest BCUT2D eigenvalue weighted by atomic mass is 31.3. The monoisotopic (exact) mass is 500 g/mol. The SMILES string of the molecule is N#CC1CC(COP(=O)(O)OP(=O)(O)OP(=O)(O)O)OC1n1cnc2c(N)ncnc21. The van der Waals surface area contributed by atoms with E-state index in [1.165, 1.54) is 17.2 Å². The van der Waals surface area contributed by atoms with Crippen LogP contribution in [0.1, 0.15) is 12.6 Å². The first-order chi connectivity index (χ1) is 14.3. The third-order valence-electron chi connectivity index (χ3n) is 3.86. The van der Waals surface area contributed by atoms with Gasteiger partial charge in [-0.25, -0.2) is 28.6 Å². The van der Waals surface area contributed by atoms with Gasteiger partial charge in [0.1, 0.15) is 11.8 Å². The Morgan fingerprint density at radius 1 is 1.19 bits per heavy atom. The van der Waals surface area contributed by atoms with Crippen molar-refractivity contribution < 1.29 is 51.2 Å². The molecule has 2 aromatic heterocycles. The van der Waals surface area contributed by atoms with Crippen molar-refractivity contribution in [3.63, 3.8) is 0 Å². The van der Waals surface area contributed by atoms with Crippen molar-refractivity contribution in [1.82, 2.24) is 19.5 Å². The number of nitrogens with two attached hydrogens (primary N) is 1.